The maximum atomic E-state index is 12.0. The van der Waals surface area contributed by atoms with Crippen LogP contribution in [-0.2, 0) is 22.6 Å². The Morgan fingerprint density at radius 1 is 1.27 bits per heavy atom. The van der Waals surface area contributed by atoms with Crippen LogP contribution in [0.5, 0.6) is 0 Å². The van der Waals surface area contributed by atoms with Crippen molar-refractivity contribution in [3.8, 4) is 0 Å². The van der Waals surface area contributed by atoms with Crippen LogP contribution in [0.2, 0.25) is 0 Å². The van der Waals surface area contributed by atoms with Gasteiger partial charge >= 0.3 is 5.97 Å². The van der Waals surface area contributed by atoms with Crippen molar-refractivity contribution >= 4 is 23.4 Å². The zero-order valence-corrected chi connectivity index (χ0v) is 17.0. The number of nitrogens with one attached hydrogen (secondary N) is 1. The molecule has 0 aliphatic rings. The Balaban J connectivity index is 2.10. The van der Waals surface area contributed by atoms with Gasteiger partial charge in [-0.15, -0.1) is 10.2 Å². The van der Waals surface area contributed by atoms with E-state index in [4.69, 9.17) is 4.74 Å². The fraction of sp³-hybridized carbons (Fsp3) is 0.526. The minimum absolute atomic E-state index is 0.194. The van der Waals surface area contributed by atoms with Gasteiger partial charge in [-0.25, -0.2) is 0 Å². The number of aromatic nitrogens is 3. The molecule has 1 N–H and O–H groups in total. The molecular weight excluding hydrogens is 348 g/mol. The molecule has 2 rings (SSSR count). The summed E-state index contributed by atoms with van der Waals surface area (Å²) >= 11 is 1.42. The van der Waals surface area contributed by atoms with Crippen LogP contribution in [-0.4, -0.2) is 32.6 Å². The van der Waals surface area contributed by atoms with Gasteiger partial charge in [0.05, 0.1) is 13.2 Å². The minimum Gasteiger partial charge on any atom is -0.465 e. The lowest BCUT2D eigenvalue weighted by molar-refractivity contribution is -0.142. The molecular formula is C19H28N4O2S. The molecule has 0 aliphatic carbocycles. The third-order valence-corrected chi connectivity index (χ3v) is 5.42. The van der Waals surface area contributed by atoms with Gasteiger partial charge in [0.25, 0.3) is 0 Å². The van der Waals surface area contributed by atoms with E-state index in [-0.39, 0.29) is 11.2 Å². The van der Waals surface area contributed by atoms with Gasteiger partial charge < -0.3 is 14.6 Å². The van der Waals surface area contributed by atoms with Gasteiger partial charge in [-0.05, 0) is 45.7 Å². The molecule has 0 aliphatic heterocycles. The van der Waals surface area contributed by atoms with E-state index in [1.807, 2.05) is 18.4 Å². The fourth-order valence-electron chi connectivity index (χ4n) is 2.70. The molecule has 1 heterocycles. The van der Waals surface area contributed by atoms with Crippen LogP contribution >= 0.6 is 11.8 Å². The Morgan fingerprint density at radius 3 is 2.65 bits per heavy atom. The Hall–Kier alpha value is -2.02. The summed E-state index contributed by atoms with van der Waals surface area (Å²) in [4.78, 5) is 12.0. The highest BCUT2D eigenvalue weighted by Gasteiger charge is 2.23. The van der Waals surface area contributed by atoms with Gasteiger partial charge in [0, 0.05) is 12.2 Å². The SMILES string of the molecule is CCOC(=O)[C@@H](CC)Sc1nnc(CNc2ccc(C)cc2C)n1CC. The van der Waals surface area contributed by atoms with Crippen molar-refractivity contribution in [2.75, 3.05) is 11.9 Å². The first-order valence-electron chi connectivity index (χ1n) is 9.06. The van der Waals surface area contributed by atoms with Crippen LogP contribution in [0.3, 0.4) is 0 Å². The van der Waals surface area contributed by atoms with Crippen molar-refractivity contribution in [3.05, 3.63) is 35.2 Å². The molecule has 1 aromatic heterocycles. The molecule has 0 fully saturated rings. The van der Waals surface area contributed by atoms with Gasteiger partial charge in [0.2, 0.25) is 0 Å². The van der Waals surface area contributed by atoms with E-state index >= 15 is 0 Å². The maximum Gasteiger partial charge on any atom is 0.319 e. The van der Waals surface area contributed by atoms with E-state index in [1.54, 1.807) is 0 Å². The van der Waals surface area contributed by atoms with Crippen molar-refractivity contribution in [2.45, 2.75) is 64.5 Å². The standard InChI is InChI=1S/C19H28N4O2S/c1-6-16(18(24)25-8-3)26-19-22-21-17(23(19)7-2)12-20-15-10-9-13(4)11-14(15)5/h9-11,16,20H,6-8,12H2,1-5H3/t16-/m1/s1. The van der Waals surface area contributed by atoms with E-state index < -0.39 is 0 Å². The molecule has 1 atom stereocenters. The van der Waals surface area contributed by atoms with Crippen molar-refractivity contribution < 1.29 is 9.53 Å². The Morgan fingerprint density at radius 2 is 2.04 bits per heavy atom. The predicted octanol–water partition coefficient (Wildman–Crippen LogP) is 3.96. The summed E-state index contributed by atoms with van der Waals surface area (Å²) in [6.45, 7) is 11.7. The zero-order chi connectivity index (χ0) is 19.1. The molecule has 6 nitrogen and oxygen atoms in total. The molecule has 0 radical (unpaired) electrons. The van der Waals surface area contributed by atoms with Crippen LogP contribution in [0.1, 0.15) is 44.1 Å². The lowest BCUT2D eigenvalue weighted by Crippen LogP contribution is -2.20. The smallest absolute Gasteiger partial charge is 0.319 e. The van der Waals surface area contributed by atoms with Crippen LogP contribution < -0.4 is 5.32 Å². The summed E-state index contributed by atoms with van der Waals surface area (Å²) in [7, 11) is 0. The van der Waals surface area contributed by atoms with Crippen molar-refractivity contribution in [2.24, 2.45) is 0 Å². The van der Waals surface area contributed by atoms with Gasteiger partial charge in [-0.1, -0.05) is 36.4 Å². The van der Waals surface area contributed by atoms with E-state index in [1.165, 1.54) is 22.9 Å². The number of rotatable bonds is 9. The highest BCUT2D eigenvalue weighted by molar-refractivity contribution is 8.00. The summed E-state index contributed by atoms with van der Waals surface area (Å²) < 4.78 is 7.19. The Labute approximate surface area is 159 Å². The van der Waals surface area contributed by atoms with Crippen LogP contribution in [0.15, 0.2) is 23.4 Å². The molecule has 0 saturated carbocycles. The number of aryl methyl sites for hydroxylation is 2. The van der Waals surface area contributed by atoms with Crippen LogP contribution in [0.25, 0.3) is 0 Å². The van der Waals surface area contributed by atoms with Crippen LogP contribution in [0.4, 0.5) is 5.69 Å². The van der Waals surface area contributed by atoms with Crippen molar-refractivity contribution in [3.63, 3.8) is 0 Å². The molecule has 0 saturated heterocycles. The highest BCUT2D eigenvalue weighted by atomic mass is 32.2. The summed E-state index contributed by atoms with van der Waals surface area (Å²) in [6.07, 6.45) is 0.691. The van der Waals surface area contributed by atoms with Gasteiger partial charge in [0.15, 0.2) is 11.0 Å². The maximum absolute atomic E-state index is 12.0. The van der Waals surface area contributed by atoms with Gasteiger partial charge in [-0.3, -0.25) is 4.79 Å². The molecule has 2 aromatic rings. The number of esters is 1. The lowest BCUT2D eigenvalue weighted by atomic mass is 10.1. The molecule has 142 valence electrons. The van der Waals surface area contributed by atoms with Gasteiger partial charge in [-0.2, -0.15) is 0 Å². The second-order valence-corrected chi connectivity index (χ2v) is 7.25. The Bertz CT molecular complexity index is 745. The number of ether oxygens (including phenoxy) is 1. The Kier molecular flexibility index (Phi) is 7.50. The first-order valence-corrected chi connectivity index (χ1v) is 9.94. The summed E-state index contributed by atoms with van der Waals surface area (Å²) in [5, 5.41) is 12.5. The first-order chi connectivity index (χ1) is 12.5. The number of thioether (sulfide) groups is 1. The number of nitrogens with zero attached hydrogens (tertiary/aromatic N) is 3. The second-order valence-electron chi connectivity index (χ2n) is 6.08. The zero-order valence-electron chi connectivity index (χ0n) is 16.2. The number of benzene rings is 1. The highest BCUT2D eigenvalue weighted by Crippen LogP contribution is 2.26. The third kappa shape index (κ3) is 5.00. The summed E-state index contributed by atoms with van der Waals surface area (Å²) in [5.41, 5.74) is 3.54. The van der Waals surface area contributed by atoms with Crippen LogP contribution in [0, 0.1) is 13.8 Å². The monoisotopic (exact) mass is 376 g/mol. The average molecular weight is 377 g/mol. The van der Waals surface area contributed by atoms with Gasteiger partial charge in [0.1, 0.15) is 5.25 Å². The van der Waals surface area contributed by atoms with Crippen molar-refractivity contribution in [1.82, 2.24) is 14.8 Å². The summed E-state index contributed by atoms with van der Waals surface area (Å²) in [5.74, 6) is 0.661. The molecule has 0 spiro atoms. The average Bonchev–Trinajstić information content (AvgIpc) is 3.00. The molecule has 7 heteroatoms. The molecule has 0 bridgehead atoms. The number of carbonyl (C=O) groups excluding carboxylic acids is 1. The molecule has 0 amide bonds. The van der Waals surface area contributed by atoms with E-state index in [0.29, 0.717) is 19.6 Å². The molecule has 1 aromatic carbocycles. The molecule has 0 unspecified atom stereocenters. The van der Waals surface area contributed by atoms with E-state index in [9.17, 15) is 4.79 Å². The number of carbonyl (C=O) groups is 1. The quantitative estimate of drug-likeness (QED) is 0.528. The second kappa shape index (κ2) is 9.62. The third-order valence-electron chi connectivity index (χ3n) is 4.10. The predicted molar refractivity (Wildman–Crippen MR) is 106 cm³/mol. The lowest BCUT2D eigenvalue weighted by Gasteiger charge is -2.14. The first kappa shape index (κ1) is 20.3. The number of hydrogen-bond donors (Lipinski definition) is 1. The topological polar surface area (TPSA) is 69.0 Å². The minimum atomic E-state index is -0.260. The fourth-order valence-corrected chi connectivity index (χ4v) is 3.74. The van der Waals surface area contributed by atoms with E-state index in [2.05, 4.69) is 54.5 Å². The largest absolute Gasteiger partial charge is 0.465 e. The normalized spacial score (nSPS) is 12.0. The van der Waals surface area contributed by atoms with E-state index in [0.717, 1.165) is 23.2 Å². The van der Waals surface area contributed by atoms with Crippen molar-refractivity contribution in [1.29, 1.82) is 0 Å². The number of hydrogen-bond acceptors (Lipinski definition) is 6. The number of anilines is 1. The molecule has 26 heavy (non-hydrogen) atoms. The summed E-state index contributed by atoms with van der Waals surface area (Å²) in [6, 6.07) is 6.33.